The largest absolute Gasteiger partial charge is 0.348 e. The first kappa shape index (κ1) is 24.9. The molecule has 0 unspecified atom stereocenters. The molecule has 4 rings (SSSR count). The number of amides is 3. The first-order valence-electron chi connectivity index (χ1n) is 11.6. The average molecular weight is 494 g/mol. The first-order chi connectivity index (χ1) is 17.4. The van der Waals surface area contributed by atoms with Crippen LogP contribution in [0.5, 0.6) is 0 Å². The number of halogens is 2. The third kappa shape index (κ3) is 6.26. The second-order valence-electron chi connectivity index (χ2n) is 8.45. The lowest BCUT2D eigenvalue weighted by Crippen LogP contribution is -2.46. The van der Waals surface area contributed by atoms with Gasteiger partial charge in [0, 0.05) is 43.5 Å². The lowest BCUT2D eigenvalue weighted by atomic mass is 10.0. The van der Waals surface area contributed by atoms with Crippen LogP contribution in [0.1, 0.15) is 45.7 Å². The molecule has 2 N–H and O–H groups in total. The molecule has 0 saturated carbocycles. The van der Waals surface area contributed by atoms with Crippen LogP contribution >= 0.6 is 0 Å². The first-order valence-corrected chi connectivity index (χ1v) is 11.6. The van der Waals surface area contributed by atoms with Crippen molar-refractivity contribution >= 4 is 23.5 Å². The number of likely N-dealkylation sites (tertiary alicyclic amines) is 1. The summed E-state index contributed by atoms with van der Waals surface area (Å²) in [7, 11) is 0. The van der Waals surface area contributed by atoms with Crippen molar-refractivity contribution in [1.82, 2.24) is 20.2 Å². The Morgan fingerprint density at radius 1 is 0.917 bits per heavy atom. The molecule has 1 aliphatic rings. The van der Waals surface area contributed by atoms with Crippen LogP contribution in [-0.2, 0) is 11.2 Å². The zero-order valence-corrected chi connectivity index (χ0v) is 19.4. The maximum absolute atomic E-state index is 13.5. The lowest BCUT2D eigenvalue weighted by Gasteiger charge is -2.32. The van der Waals surface area contributed by atoms with Gasteiger partial charge in [0.2, 0.25) is 5.91 Å². The van der Waals surface area contributed by atoms with Crippen LogP contribution in [0.15, 0.2) is 60.9 Å². The molecule has 0 aliphatic carbocycles. The van der Waals surface area contributed by atoms with E-state index in [9.17, 15) is 23.2 Å². The lowest BCUT2D eigenvalue weighted by molar-refractivity contribution is -0.132. The Balaban J connectivity index is 1.30. The summed E-state index contributed by atoms with van der Waals surface area (Å²) in [6.45, 7) is 1.05. The second kappa shape index (κ2) is 11.5. The van der Waals surface area contributed by atoms with Crippen molar-refractivity contribution in [3.05, 3.63) is 89.4 Å². The van der Waals surface area contributed by atoms with Crippen molar-refractivity contribution in [2.75, 3.05) is 18.4 Å². The Hall–Kier alpha value is -4.21. The number of nitrogens with one attached hydrogen (secondary N) is 2. The summed E-state index contributed by atoms with van der Waals surface area (Å²) < 4.78 is 26.6. The molecule has 1 fully saturated rings. The summed E-state index contributed by atoms with van der Waals surface area (Å²) >= 11 is 0. The molecule has 3 amide bonds. The van der Waals surface area contributed by atoms with E-state index in [0.29, 0.717) is 38.8 Å². The van der Waals surface area contributed by atoms with E-state index >= 15 is 0 Å². The minimum atomic E-state index is -1.16. The molecule has 0 radical (unpaired) electrons. The van der Waals surface area contributed by atoms with Gasteiger partial charge in [0.05, 0.1) is 0 Å². The van der Waals surface area contributed by atoms with Gasteiger partial charge in [-0.15, -0.1) is 0 Å². The highest BCUT2D eigenvalue weighted by Gasteiger charge is 2.26. The molecule has 2 heterocycles. The van der Waals surface area contributed by atoms with Crippen molar-refractivity contribution in [2.24, 2.45) is 0 Å². The molecule has 0 bridgehead atoms. The maximum Gasteiger partial charge on any atom is 0.273 e. The van der Waals surface area contributed by atoms with Gasteiger partial charge in [0.25, 0.3) is 11.8 Å². The zero-order valence-electron chi connectivity index (χ0n) is 19.4. The fourth-order valence-corrected chi connectivity index (χ4v) is 3.99. The topological polar surface area (TPSA) is 104 Å². The molecule has 0 atom stereocenters. The minimum absolute atomic E-state index is 0.0831. The number of aryl methyl sites for hydroxylation is 1. The number of piperidine rings is 1. The van der Waals surface area contributed by atoms with Crippen LogP contribution in [0.25, 0.3) is 0 Å². The third-order valence-electron chi connectivity index (χ3n) is 5.98. The normalized spacial score (nSPS) is 13.8. The van der Waals surface area contributed by atoms with Crippen molar-refractivity contribution in [3.8, 4) is 0 Å². The van der Waals surface area contributed by atoms with E-state index in [-0.39, 0.29) is 29.0 Å². The number of aromatic nitrogens is 2. The molecule has 2 aromatic carbocycles. The van der Waals surface area contributed by atoms with E-state index in [1.807, 2.05) is 30.3 Å². The fraction of sp³-hybridized carbons (Fsp3) is 0.269. The van der Waals surface area contributed by atoms with E-state index in [1.54, 1.807) is 4.90 Å². The van der Waals surface area contributed by atoms with Crippen LogP contribution in [0.2, 0.25) is 0 Å². The highest BCUT2D eigenvalue weighted by molar-refractivity contribution is 6.07. The van der Waals surface area contributed by atoms with Gasteiger partial charge in [-0.25, -0.2) is 18.7 Å². The van der Waals surface area contributed by atoms with Gasteiger partial charge in [-0.1, -0.05) is 30.3 Å². The van der Waals surface area contributed by atoms with Gasteiger partial charge >= 0.3 is 0 Å². The van der Waals surface area contributed by atoms with E-state index in [1.165, 1.54) is 12.4 Å². The van der Waals surface area contributed by atoms with Gasteiger partial charge in [0.1, 0.15) is 0 Å². The molecule has 8 nitrogen and oxygen atoms in total. The average Bonchev–Trinajstić information content (AvgIpc) is 2.90. The van der Waals surface area contributed by atoms with E-state index in [0.717, 1.165) is 23.8 Å². The predicted molar refractivity (Wildman–Crippen MR) is 128 cm³/mol. The van der Waals surface area contributed by atoms with E-state index in [2.05, 4.69) is 20.6 Å². The van der Waals surface area contributed by atoms with Gasteiger partial charge in [-0.2, -0.15) is 0 Å². The summed E-state index contributed by atoms with van der Waals surface area (Å²) in [5.41, 5.74) is 0.884. The van der Waals surface area contributed by atoms with Crippen LogP contribution in [-0.4, -0.2) is 51.7 Å². The van der Waals surface area contributed by atoms with Gasteiger partial charge in [-0.05, 0) is 43.0 Å². The van der Waals surface area contributed by atoms with Crippen LogP contribution in [0, 0.1) is 11.6 Å². The second-order valence-corrected chi connectivity index (χ2v) is 8.45. The van der Waals surface area contributed by atoms with Gasteiger partial charge in [-0.3, -0.25) is 14.4 Å². The molecular formula is C26H25F2N5O3. The maximum atomic E-state index is 13.5. The minimum Gasteiger partial charge on any atom is -0.348 e. The number of carbonyl (C=O) groups is 3. The van der Waals surface area contributed by atoms with Crippen LogP contribution in [0.4, 0.5) is 14.6 Å². The summed E-state index contributed by atoms with van der Waals surface area (Å²) in [4.78, 5) is 47.7. The molecular weight excluding hydrogens is 468 g/mol. The number of hydrogen-bond donors (Lipinski definition) is 2. The van der Waals surface area contributed by atoms with E-state index in [4.69, 9.17) is 0 Å². The predicted octanol–water partition coefficient (Wildman–Crippen LogP) is 3.36. The van der Waals surface area contributed by atoms with Crippen molar-refractivity contribution in [3.63, 3.8) is 0 Å². The molecule has 186 valence electrons. The Morgan fingerprint density at radius 2 is 1.64 bits per heavy atom. The van der Waals surface area contributed by atoms with Crippen molar-refractivity contribution in [1.29, 1.82) is 0 Å². The number of nitrogens with zero attached hydrogens (tertiary/aromatic N) is 3. The fourth-order valence-electron chi connectivity index (χ4n) is 3.99. The summed E-state index contributed by atoms with van der Waals surface area (Å²) in [6.07, 6.45) is 4.90. The van der Waals surface area contributed by atoms with Crippen molar-refractivity contribution < 1.29 is 23.2 Å². The molecule has 1 saturated heterocycles. The molecule has 1 aromatic heterocycles. The standard InChI is InChI=1S/C26H25F2N5O3/c27-20-8-7-18(16-21(20)28)25(35)32-24-23(29-12-13-30-24)26(36)31-19-10-14-33(15-11-19)22(34)9-6-17-4-2-1-3-5-17/h1-5,7-8,12-13,16,19H,6,9-11,14-15H2,(H,31,36)(H,30,32,35). The SMILES string of the molecule is O=C(Nc1nccnc1C(=O)NC1CCN(C(=O)CCc2ccccc2)CC1)c1ccc(F)c(F)c1. The Bertz CT molecular complexity index is 1250. The van der Waals surface area contributed by atoms with E-state index < -0.39 is 23.4 Å². The Kier molecular flexibility index (Phi) is 7.94. The number of hydrogen-bond acceptors (Lipinski definition) is 5. The highest BCUT2D eigenvalue weighted by Crippen LogP contribution is 2.16. The van der Waals surface area contributed by atoms with Crippen LogP contribution < -0.4 is 10.6 Å². The molecule has 0 spiro atoms. The quantitative estimate of drug-likeness (QED) is 0.525. The number of benzene rings is 2. The summed E-state index contributed by atoms with van der Waals surface area (Å²) in [5, 5.41) is 5.31. The Morgan fingerprint density at radius 3 is 2.36 bits per heavy atom. The molecule has 36 heavy (non-hydrogen) atoms. The Labute approximate surface area is 206 Å². The molecule has 3 aromatic rings. The van der Waals surface area contributed by atoms with Crippen LogP contribution in [0.3, 0.4) is 0 Å². The van der Waals surface area contributed by atoms with Gasteiger partial charge in [0.15, 0.2) is 23.1 Å². The zero-order chi connectivity index (χ0) is 25.5. The monoisotopic (exact) mass is 493 g/mol. The number of anilines is 1. The van der Waals surface area contributed by atoms with Crippen molar-refractivity contribution in [2.45, 2.75) is 31.7 Å². The third-order valence-corrected chi connectivity index (χ3v) is 5.98. The number of rotatable bonds is 7. The smallest absolute Gasteiger partial charge is 0.273 e. The molecule has 1 aliphatic heterocycles. The highest BCUT2D eigenvalue weighted by atomic mass is 19.2. The summed E-state index contributed by atoms with van der Waals surface area (Å²) in [5.74, 6) is -3.54. The molecule has 10 heteroatoms. The summed E-state index contributed by atoms with van der Waals surface area (Å²) in [6, 6.07) is 12.4. The van der Waals surface area contributed by atoms with Gasteiger partial charge < -0.3 is 15.5 Å². The number of carbonyl (C=O) groups excluding carboxylic acids is 3.